The van der Waals surface area contributed by atoms with E-state index in [0.717, 1.165) is 11.6 Å². The Balaban J connectivity index is 2.32. The number of hydrogen-bond donors (Lipinski definition) is 1. The summed E-state index contributed by atoms with van der Waals surface area (Å²) in [5, 5.41) is 2.61. The molecule has 0 aliphatic carbocycles. The van der Waals surface area contributed by atoms with Crippen molar-refractivity contribution in [3.63, 3.8) is 0 Å². The molecule has 0 unspecified atom stereocenters. The largest absolute Gasteiger partial charge is 0.379 e. The minimum Gasteiger partial charge on any atom is -0.379 e. The molecule has 2 rings (SSSR count). The molecule has 7 heteroatoms. The van der Waals surface area contributed by atoms with Crippen LogP contribution in [0, 0.1) is 6.92 Å². The quantitative estimate of drug-likeness (QED) is 0.846. The van der Waals surface area contributed by atoms with Gasteiger partial charge in [-0.1, -0.05) is 12.6 Å². The van der Waals surface area contributed by atoms with Crippen molar-refractivity contribution in [3.8, 4) is 0 Å². The molecule has 0 spiro atoms. The predicted molar refractivity (Wildman–Crippen MR) is 79.6 cm³/mol. The van der Waals surface area contributed by atoms with Crippen LogP contribution in [0.5, 0.6) is 0 Å². The van der Waals surface area contributed by atoms with Crippen molar-refractivity contribution in [1.82, 2.24) is 4.31 Å². The summed E-state index contributed by atoms with van der Waals surface area (Å²) in [5.41, 5.74) is 1.25. The maximum atomic E-state index is 12.5. The smallest absolute Gasteiger partial charge is 0.247 e. The van der Waals surface area contributed by atoms with Crippen LogP contribution in [0.3, 0.4) is 0 Å². The van der Waals surface area contributed by atoms with E-state index in [1.54, 1.807) is 19.1 Å². The minimum atomic E-state index is -3.57. The van der Waals surface area contributed by atoms with Crippen LogP contribution in [0.4, 0.5) is 5.69 Å². The maximum Gasteiger partial charge on any atom is 0.247 e. The van der Waals surface area contributed by atoms with Crippen molar-refractivity contribution in [3.05, 3.63) is 36.4 Å². The molecule has 21 heavy (non-hydrogen) atoms. The molecule has 1 N–H and O–H groups in total. The number of nitrogens with one attached hydrogen (secondary N) is 1. The lowest BCUT2D eigenvalue weighted by molar-refractivity contribution is -0.111. The molecule has 1 saturated heterocycles. The zero-order chi connectivity index (χ0) is 15.5. The van der Waals surface area contributed by atoms with E-state index in [9.17, 15) is 13.2 Å². The molecule has 6 nitrogen and oxygen atoms in total. The second kappa shape index (κ2) is 6.38. The second-order valence-electron chi connectivity index (χ2n) is 4.69. The third kappa shape index (κ3) is 3.49. The molecule has 1 aliphatic heterocycles. The molecule has 0 saturated carbocycles. The first-order chi connectivity index (χ1) is 9.95. The zero-order valence-corrected chi connectivity index (χ0v) is 12.6. The van der Waals surface area contributed by atoms with Crippen LogP contribution in [0.15, 0.2) is 35.7 Å². The summed E-state index contributed by atoms with van der Waals surface area (Å²) in [6.45, 7) is 6.64. The van der Waals surface area contributed by atoms with E-state index in [0.29, 0.717) is 32.0 Å². The van der Waals surface area contributed by atoms with Crippen LogP contribution >= 0.6 is 0 Å². The normalized spacial score (nSPS) is 16.4. The number of morpholine rings is 1. The van der Waals surface area contributed by atoms with E-state index in [2.05, 4.69) is 11.9 Å². The predicted octanol–water partition coefficient (Wildman–Crippen LogP) is 1.14. The SMILES string of the molecule is C=CC(=O)Nc1cc(S(=O)(=O)N2CCOCC2)ccc1C. The van der Waals surface area contributed by atoms with E-state index < -0.39 is 10.0 Å². The summed E-state index contributed by atoms with van der Waals surface area (Å²) in [6, 6.07) is 4.69. The Kier molecular flexibility index (Phi) is 4.76. The van der Waals surface area contributed by atoms with Gasteiger partial charge in [-0.05, 0) is 30.7 Å². The fourth-order valence-electron chi connectivity index (χ4n) is 2.02. The van der Waals surface area contributed by atoms with Crippen molar-refractivity contribution < 1.29 is 17.9 Å². The number of anilines is 1. The van der Waals surface area contributed by atoms with Crippen molar-refractivity contribution in [2.75, 3.05) is 31.6 Å². The summed E-state index contributed by atoms with van der Waals surface area (Å²) in [4.78, 5) is 11.6. The fraction of sp³-hybridized carbons (Fsp3) is 0.357. The molecular weight excluding hydrogens is 292 g/mol. The van der Waals surface area contributed by atoms with Gasteiger partial charge in [0.15, 0.2) is 0 Å². The highest BCUT2D eigenvalue weighted by Crippen LogP contribution is 2.23. The van der Waals surface area contributed by atoms with Gasteiger partial charge in [-0.2, -0.15) is 4.31 Å². The second-order valence-corrected chi connectivity index (χ2v) is 6.62. The lowest BCUT2D eigenvalue weighted by Crippen LogP contribution is -2.40. The number of benzene rings is 1. The summed E-state index contributed by atoms with van der Waals surface area (Å²) in [5.74, 6) is -0.376. The molecule has 1 aromatic carbocycles. The Morgan fingerprint density at radius 1 is 1.38 bits per heavy atom. The summed E-state index contributed by atoms with van der Waals surface area (Å²) < 4.78 is 31.6. The van der Waals surface area contributed by atoms with E-state index in [-0.39, 0.29) is 10.8 Å². The van der Waals surface area contributed by atoms with Crippen molar-refractivity contribution >= 4 is 21.6 Å². The van der Waals surface area contributed by atoms with E-state index in [4.69, 9.17) is 4.74 Å². The van der Waals surface area contributed by atoms with Gasteiger partial charge in [-0.15, -0.1) is 0 Å². The molecule has 114 valence electrons. The number of nitrogens with zero attached hydrogens (tertiary/aromatic N) is 1. The molecule has 1 amide bonds. The minimum absolute atomic E-state index is 0.161. The molecule has 0 aromatic heterocycles. The Morgan fingerprint density at radius 3 is 2.67 bits per heavy atom. The molecular formula is C14H18N2O4S. The lowest BCUT2D eigenvalue weighted by Gasteiger charge is -2.26. The molecule has 1 aromatic rings. The zero-order valence-electron chi connectivity index (χ0n) is 11.8. The molecule has 0 atom stereocenters. The Bertz CT molecular complexity index is 649. The number of ether oxygens (including phenoxy) is 1. The van der Waals surface area contributed by atoms with Crippen molar-refractivity contribution in [1.29, 1.82) is 0 Å². The third-order valence-corrected chi connectivity index (χ3v) is 5.15. The fourth-order valence-corrected chi connectivity index (χ4v) is 3.45. The van der Waals surface area contributed by atoms with Crippen LogP contribution in [0.2, 0.25) is 0 Å². The highest BCUT2D eigenvalue weighted by Gasteiger charge is 2.26. The molecule has 1 fully saturated rings. The van der Waals surface area contributed by atoms with E-state index >= 15 is 0 Å². The Hall–Kier alpha value is -1.70. The van der Waals surface area contributed by atoms with Crippen LogP contribution in [0.1, 0.15) is 5.56 Å². The topological polar surface area (TPSA) is 75.7 Å². The van der Waals surface area contributed by atoms with Gasteiger partial charge in [0, 0.05) is 18.8 Å². The Labute approximate surface area is 124 Å². The lowest BCUT2D eigenvalue weighted by atomic mass is 10.2. The number of carbonyl (C=O) groups is 1. The van der Waals surface area contributed by atoms with Gasteiger partial charge in [0.2, 0.25) is 15.9 Å². The first-order valence-electron chi connectivity index (χ1n) is 6.57. The first kappa shape index (κ1) is 15.7. The van der Waals surface area contributed by atoms with Crippen molar-refractivity contribution in [2.24, 2.45) is 0 Å². The standard InChI is InChI=1S/C14H18N2O4S/c1-3-14(17)15-13-10-12(5-4-11(13)2)21(18,19)16-6-8-20-9-7-16/h3-5,10H,1,6-9H2,2H3,(H,15,17). The molecule has 1 heterocycles. The number of sulfonamides is 1. The van der Waals surface area contributed by atoms with Crippen LogP contribution in [-0.2, 0) is 19.6 Å². The van der Waals surface area contributed by atoms with Crippen molar-refractivity contribution in [2.45, 2.75) is 11.8 Å². The highest BCUT2D eigenvalue weighted by atomic mass is 32.2. The van der Waals surface area contributed by atoms with Gasteiger partial charge in [0.25, 0.3) is 0 Å². The average Bonchev–Trinajstić information content (AvgIpc) is 2.50. The molecule has 0 radical (unpaired) electrons. The number of hydrogen-bond acceptors (Lipinski definition) is 4. The highest BCUT2D eigenvalue weighted by molar-refractivity contribution is 7.89. The Morgan fingerprint density at radius 2 is 2.05 bits per heavy atom. The average molecular weight is 310 g/mol. The van der Waals surface area contributed by atoms with Crippen LogP contribution in [0.25, 0.3) is 0 Å². The number of rotatable bonds is 4. The van der Waals surface area contributed by atoms with Gasteiger partial charge in [-0.25, -0.2) is 8.42 Å². The van der Waals surface area contributed by atoms with Gasteiger partial charge in [0.05, 0.1) is 18.1 Å². The third-order valence-electron chi connectivity index (χ3n) is 3.26. The number of carbonyl (C=O) groups excluding carboxylic acids is 1. The summed E-state index contributed by atoms with van der Waals surface area (Å²) in [7, 11) is -3.57. The molecule has 0 bridgehead atoms. The number of aryl methyl sites for hydroxylation is 1. The first-order valence-corrected chi connectivity index (χ1v) is 8.01. The van der Waals surface area contributed by atoms with Crippen LogP contribution in [-0.4, -0.2) is 44.9 Å². The monoisotopic (exact) mass is 310 g/mol. The van der Waals surface area contributed by atoms with Gasteiger partial charge in [-0.3, -0.25) is 4.79 Å². The van der Waals surface area contributed by atoms with Gasteiger partial charge in [0.1, 0.15) is 0 Å². The van der Waals surface area contributed by atoms with E-state index in [1.165, 1.54) is 10.4 Å². The molecule has 1 aliphatic rings. The number of amides is 1. The van der Waals surface area contributed by atoms with E-state index in [1.807, 2.05) is 0 Å². The summed E-state index contributed by atoms with van der Waals surface area (Å²) in [6.07, 6.45) is 1.14. The van der Waals surface area contributed by atoms with Crippen LogP contribution < -0.4 is 5.32 Å². The maximum absolute atomic E-state index is 12.5. The van der Waals surface area contributed by atoms with Gasteiger partial charge < -0.3 is 10.1 Å². The van der Waals surface area contributed by atoms with Gasteiger partial charge >= 0.3 is 0 Å². The summed E-state index contributed by atoms with van der Waals surface area (Å²) >= 11 is 0.